The summed E-state index contributed by atoms with van der Waals surface area (Å²) in [6, 6.07) is 1.88. The molecule has 3 heterocycles. The minimum absolute atomic E-state index is 0.408. The highest BCUT2D eigenvalue weighted by atomic mass is 16.3. The molecule has 0 aromatic carbocycles. The van der Waals surface area contributed by atoms with E-state index < -0.39 is 6.10 Å². The normalized spacial score (nSPS) is 17.0. The average Bonchev–Trinajstić information content (AvgIpc) is 3.07. The lowest BCUT2D eigenvalue weighted by molar-refractivity contribution is 0.0879. The molecule has 0 saturated heterocycles. The van der Waals surface area contributed by atoms with Gasteiger partial charge in [-0.1, -0.05) is 13.8 Å². The summed E-state index contributed by atoms with van der Waals surface area (Å²) in [5.74, 6) is 1.60. The number of aliphatic hydroxyl groups excluding tert-OH is 1. The van der Waals surface area contributed by atoms with Crippen LogP contribution < -0.4 is 0 Å². The van der Waals surface area contributed by atoms with Crippen LogP contribution in [0.5, 0.6) is 0 Å². The molecule has 2 aromatic rings. The second-order valence-electron chi connectivity index (χ2n) is 6.44. The van der Waals surface area contributed by atoms with E-state index in [9.17, 15) is 5.11 Å². The first-order chi connectivity index (χ1) is 10.5. The number of hydrogen-bond donors (Lipinski definition) is 1. The van der Waals surface area contributed by atoms with E-state index in [1.807, 2.05) is 12.3 Å². The Labute approximate surface area is 131 Å². The molecule has 120 valence electrons. The van der Waals surface area contributed by atoms with Crippen LogP contribution >= 0.6 is 0 Å². The molecule has 0 fully saturated rings. The third-order valence-corrected chi connectivity index (χ3v) is 4.31. The van der Waals surface area contributed by atoms with Gasteiger partial charge in [0, 0.05) is 57.1 Å². The van der Waals surface area contributed by atoms with Gasteiger partial charge in [-0.15, -0.1) is 0 Å². The van der Waals surface area contributed by atoms with Gasteiger partial charge in [0.25, 0.3) is 0 Å². The zero-order valence-electron chi connectivity index (χ0n) is 13.6. The number of imidazole rings is 1. The molecule has 6 heteroatoms. The van der Waals surface area contributed by atoms with Gasteiger partial charge < -0.3 is 9.67 Å². The van der Waals surface area contributed by atoms with Gasteiger partial charge in [-0.05, 0) is 6.07 Å². The maximum Gasteiger partial charge on any atom is 0.111 e. The van der Waals surface area contributed by atoms with Crippen molar-refractivity contribution in [2.75, 3.05) is 13.1 Å². The molecule has 1 N–H and O–H groups in total. The molecule has 3 rings (SSSR count). The molecule has 1 unspecified atom stereocenters. The molecule has 1 atom stereocenters. The van der Waals surface area contributed by atoms with E-state index in [0.29, 0.717) is 19.0 Å². The molecule has 22 heavy (non-hydrogen) atoms. The van der Waals surface area contributed by atoms with Crippen LogP contribution in [0.25, 0.3) is 0 Å². The summed E-state index contributed by atoms with van der Waals surface area (Å²) in [5.41, 5.74) is 2.52. The Kier molecular flexibility index (Phi) is 4.31. The summed E-state index contributed by atoms with van der Waals surface area (Å²) in [7, 11) is 2.11. The monoisotopic (exact) mass is 303 g/mol. The highest BCUT2D eigenvalue weighted by molar-refractivity contribution is 5.21. The van der Waals surface area contributed by atoms with Gasteiger partial charge in [0.2, 0.25) is 0 Å². The molecule has 0 aliphatic carbocycles. The minimum Gasteiger partial charge on any atom is -0.390 e. The number of rotatable bonds is 5. The van der Waals surface area contributed by atoms with Crippen molar-refractivity contribution in [2.45, 2.75) is 45.4 Å². The van der Waals surface area contributed by atoms with Crippen molar-refractivity contribution in [3.63, 3.8) is 0 Å². The predicted octanol–water partition coefficient (Wildman–Crippen LogP) is 1.16. The number of nitrogens with zero attached hydrogens (tertiary/aromatic N) is 5. The second-order valence-corrected chi connectivity index (χ2v) is 6.44. The number of β-amino-alcohol motifs (C(OH)–C–C–N with tert-alkyl or cyclic N) is 1. The van der Waals surface area contributed by atoms with E-state index in [2.05, 4.69) is 35.5 Å². The third-order valence-electron chi connectivity index (χ3n) is 4.31. The molecule has 6 nitrogen and oxygen atoms in total. The van der Waals surface area contributed by atoms with Crippen LogP contribution in [0.2, 0.25) is 0 Å². The fraction of sp³-hybridized carbons (Fsp3) is 0.625. The average molecular weight is 303 g/mol. The fourth-order valence-electron chi connectivity index (χ4n) is 3.26. The zero-order chi connectivity index (χ0) is 15.7. The smallest absolute Gasteiger partial charge is 0.111 e. The Morgan fingerprint density at radius 3 is 2.82 bits per heavy atom. The molecule has 0 radical (unpaired) electrons. The summed E-state index contributed by atoms with van der Waals surface area (Å²) in [6.07, 6.45) is 4.21. The molecule has 2 aromatic heterocycles. The maximum atomic E-state index is 10.2. The Bertz CT molecular complexity index is 617. The Balaban J connectivity index is 1.63. The van der Waals surface area contributed by atoms with Crippen LogP contribution in [0.4, 0.5) is 0 Å². The Morgan fingerprint density at radius 1 is 1.32 bits per heavy atom. The van der Waals surface area contributed by atoms with Crippen molar-refractivity contribution in [1.82, 2.24) is 24.2 Å². The summed E-state index contributed by atoms with van der Waals surface area (Å²) in [6.45, 7) is 7.35. The van der Waals surface area contributed by atoms with Crippen LogP contribution in [0.1, 0.15) is 37.0 Å². The first kappa shape index (κ1) is 15.2. The van der Waals surface area contributed by atoms with Gasteiger partial charge in [0.1, 0.15) is 5.82 Å². The fourth-order valence-corrected chi connectivity index (χ4v) is 3.26. The van der Waals surface area contributed by atoms with Crippen LogP contribution in [0.3, 0.4) is 0 Å². The molecule has 0 bridgehead atoms. The highest BCUT2D eigenvalue weighted by Crippen LogP contribution is 2.23. The van der Waals surface area contributed by atoms with E-state index in [1.54, 1.807) is 10.9 Å². The number of hydrogen-bond acceptors (Lipinski definition) is 4. The highest BCUT2D eigenvalue weighted by Gasteiger charge is 2.24. The van der Waals surface area contributed by atoms with Gasteiger partial charge in [0.15, 0.2) is 0 Å². The second kappa shape index (κ2) is 6.22. The first-order valence-corrected chi connectivity index (χ1v) is 7.96. The van der Waals surface area contributed by atoms with Gasteiger partial charge in [-0.2, -0.15) is 5.10 Å². The molecule has 0 saturated carbocycles. The largest absolute Gasteiger partial charge is 0.390 e. The molecule has 0 amide bonds. The zero-order valence-corrected chi connectivity index (χ0v) is 13.6. The van der Waals surface area contributed by atoms with Crippen LogP contribution in [-0.4, -0.2) is 48.5 Å². The van der Waals surface area contributed by atoms with E-state index in [1.165, 1.54) is 11.4 Å². The predicted molar refractivity (Wildman–Crippen MR) is 84.5 cm³/mol. The lowest BCUT2D eigenvalue weighted by Crippen LogP contribution is -2.38. The Hall–Kier alpha value is -1.66. The summed E-state index contributed by atoms with van der Waals surface area (Å²) < 4.78 is 4.02. The van der Waals surface area contributed by atoms with Gasteiger partial charge >= 0.3 is 0 Å². The number of aromatic nitrogens is 4. The van der Waals surface area contributed by atoms with Crippen LogP contribution in [0, 0.1) is 0 Å². The lowest BCUT2D eigenvalue weighted by atomic mass is 10.1. The summed E-state index contributed by atoms with van der Waals surface area (Å²) >= 11 is 0. The third kappa shape index (κ3) is 3.08. The number of fused-ring (bicyclic) bond motifs is 1. The van der Waals surface area contributed by atoms with Crippen molar-refractivity contribution < 1.29 is 5.11 Å². The minimum atomic E-state index is -0.408. The van der Waals surface area contributed by atoms with Gasteiger partial charge in [-0.3, -0.25) is 9.58 Å². The molecule has 1 aliphatic rings. The molecular weight excluding hydrogens is 278 g/mol. The first-order valence-electron chi connectivity index (χ1n) is 7.96. The quantitative estimate of drug-likeness (QED) is 0.900. The Morgan fingerprint density at radius 2 is 2.14 bits per heavy atom. The van der Waals surface area contributed by atoms with E-state index >= 15 is 0 Å². The molecule has 0 spiro atoms. The number of aliphatic hydroxyl groups is 1. The maximum absolute atomic E-state index is 10.2. The van der Waals surface area contributed by atoms with Crippen molar-refractivity contribution in [1.29, 1.82) is 0 Å². The van der Waals surface area contributed by atoms with Crippen molar-refractivity contribution in [3.05, 3.63) is 35.7 Å². The van der Waals surface area contributed by atoms with Crippen LogP contribution in [-0.2, 0) is 26.6 Å². The van der Waals surface area contributed by atoms with E-state index in [0.717, 1.165) is 25.3 Å². The lowest BCUT2D eigenvalue weighted by Gasteiger charge is -2.28. The van der Waals surface area contributed by atoms with E-state index in [4.69, 9.17) is 4.98 Å². The topological polar surface area (TPSA) is 59.1 Å². The van der Waals surface area contributed by atoms with Crippen LogP contribution in [0.15, 0.2) is 18.5 Å². The standard InChI is InChI=1S/C16H25N5O/c1-12(2)16-18-14-11-20(8-5-15(14)19(16)3)9-13(22)10-21-7-4-6-17-21/h4,6-7,12-13,22H,5,8-11H2,1-3H3. The summed E-state index contributed by atoms with van der Waals surface area (Å²) in [4.78, 5) is 7.09. The molecular formula is C16H25N5O. The van der Waals surface area contributed by atoms with Crippen molar-refractivity contribution in [3.8, 4) is 0 Å². The SMILES string of the molecule is CC(C)c1nc2c(n1C)CCN(CC(O)Cn1cccn1)C2. The van der Waals surface area contributed by atoms with Crippen molar-refractivity contribution in [2.24, 2.45) is 7.05 Å². The summed E-state index contributed by atoms with van der Waals surface area (Å²) in [5, 5.41) is 14.4. The molecule has 1 aliphatic heterocycles. The van der Waals surface area contributed by atoms with Gasteiger partial charge in [-0.25, -0.2) is 4.98 Å². The van der Waals surface area contributed by atoms with E-state index in [-0.39, 0.29) is 0 Å². The van der Waals surface area contributed by atoms with Crippen molar-refractivity contribution >= 4 is 0 Å². The van der Waals surface area contributed by atoms with Gasteiger partial charge in [0.05, 0.1) is 18.3 Å².